The largest absolute Gasteiger partial charge is 0.361 e. The average molecular weight is 335 g/mol. The lowest BCUT2D eigenvalue weighted by molar-refractivity contribution is -0.120. The number of aromatic amines is 1. The van der Waals surface area contributed by atoms with Crippen molar-refractivity contribution in [1.82, 2.24) is 15.6 Å². The molecule has 0 unspecified atom stereocenters. The Bertz CT molecular complexity index is 899. The van der Waals surface area contributed by atoms with Crippen molar-refractivity contribution in [2.24, 2.45) is 0 Å². The van der Waals surface area contributed by atoms with Gasteiger partial charge < -0.3 is 15.6 Å². The normalized spacial score (nSPS) is 10.6. The molecule has 5 nitrogen and oxygen atoms in total. The molecule has 0 atom stereocenters. The number of nitrogens with one attached hydrogen (secondary N) is 3. The molecule has 3 aromatic rings. The van der Waals surface area contributed by atoms with Crippen LogP contribution in [0.5, 0.6) is 0 Å². The summed E-state index contributed by atoms with van der Waals surface area (Å²) in [6.45, 7) is 2.87. The fourth-order valence-corrected chi connectivity index (χ4v) is 2.80. The summed E-state index contributed by atoms with van der Waals surface area (Å²) in [4.78, 5) is 27.3. The van der Waals surface area contributed by atoms with Gasteiger partial charge in [0, 0.05) is 35.8 Å². The molecule has 0 spiro atoms. The second-order valence-electron chi connectivity index (χ2n) is 5.87. The number of benzene rings is 2. The molecule has 0 aliphatic rings. The van der Waals surface area contributed by atoms with Gasteiger partial charge in [-0.1, -0.05) is 30.3 Å². The number of carbonyl (C=O) groups excluding carboxylic acids is 2. The third kappa shape index (κ3) is 4.07. The van der Waals surface area contributed by atoms with E-state index in [1.54, 1.807) is 12.1 Å². The lowest BCUT2D eigenvalue weighted by Gasteiger charge is -2.07. The molecule has 0 saturated carbocycles. The van der Waals surface area contributed by atoms with Gasteiger partial charge in [0.25, 0.3) is 5.91 Å². The number of hydrogen-bond acceptors (Lipinski definition) is 2. The second-order valence-corrected chi connectivity index (χ2v) is 5.87. The molecule has 0 saturated heterocycles. The Morgan fingerprint density at radius 3 is 2.72 bits per heavy atom. The van der Waals surface area contributed by atoms with Gasteiger partial charge in [-0.05, 0) is 36.2 Å². The zero-order chi connectivity index (χ0) is 17.6. The minimum Gasteiger partial charge on any atom is -0.361 e. The molecule has 0 aliphatic carbocycles. The third-order valence-electron chi connectivity index (χ3n) is 4.04. The van der Waals surface area contributed by atoms with Gasteiger partial charge >= 0.3 is 0 Å². The van der Waals surface area contributed by atoms with E-state index in [0.717, 1.165) is 22.0 Å². The Morgan fingerprint density at radius 1 is 1.04 bits per heavy atom. The average Bonchev–Trinajstić information content (AvgIpc) is 3.03. The molecule has 2 aromatic carbocycles. The Labute approximate surface area is 146 Å². The number of amides is 2. The monoisotopic (exact) mass is 335 g/mol. The van der Waals surface area contributed by atoms with E-state index in [1.807, 2.05) is 49.5 Å². The first-order valence-corrected chi connectivity index (χ1v) is 8.36. The quantitative estimate of drug-likeness (QED) is 0.648. The van der Waals surface area contributed by atoms with Crippen LogP contribution in [0.2, 0.25) is 0 Å². The highest BCUT2D eigenvalue weighted by atomic mass is 16.2. The Hall–Kier alpha value is -3.08. The van der Waals surface area contributed by atoms with Gasteiger partial charge in [0.15, 0.2) is 0 Å². The van der Waals surface area contributed by atoms with Crippen molar-refractivity contribution in [2.45, 2.75) is 19.9 Å². The van der Waals surface area contributed by atoms with Crippen LogP contribution in [0.3, 0.4) is 0 Å². The fraction of sp³-hybridized carbons (Fsp3) is 0.200. The maximum Gasteiger partial charge on any atom is 0.251 e. The standard InChI is InChI=1S/C20H21N3O2/c1-2-21-20(25)15-7-5-6-14(10-15)12-23-19(24)11-16-13-22-18-9-4-3-8-17(16)18/h3-10,13,22H,2,11-12H2,1H3,(H,21,25)(H,23,24). The van der Waals surface area contributed by atoms with Gasteiger partial charge in [-0.15, -0.1) is 0 Å². The highest BCUT2D eigenvalue weighted by Crippen LogP contribution is 2.18. The number of rotatable bonds is 6. The predicted octanol–water partition coefficient (Wildman–Crippen LogP) is 2.78. The van der Waals surface area contributed by atoms with Crippen LogP contribution < -0.4 is 10.6 Å². The molecule has 0 aliphatic heterocycles. The zero-order valence-corrected chi connectivity index (χ0v) is 14.1. The smallest absolute Gasteiger partial charge is 0.251 e. The van der Waals surface area contributed by atoms with Crippen molar-refractivity contribution < 1.29 is 9.59 Å². The van der Waals surface area contributed by atoms with E-state index in [2.05, 4.69) is 15.6 Å². The Balaban J connectivity index is 1.61. The van der Waals surface area contributed by atoms with Crippen molar-refractivity contribution in [3.63, 3.8) is 0 Å². The summed E-state index contributed by atoms with van der Waals surface area (Å²) in [6, 6.07) is 15.2. The highest BCUT2D eigenvalue weighted by molar-refractivity contribution is 5.94. The molecule has 25 heavy (non-hydrogen) atoms. The van der Waals surface area contributed by atoms with E-state index in [-0.39, 0.29) is 11.8 Å². The van der Waals surface area contributed by atoms with Crippen molar-refractivity contribution in [2.75, 3.05) is 6.54 Å². The van der Waals surface area contributed by atoms with Crippen LogP contribution >= 0.6 is 0 Å². The fourth-order valence-electron chi connectivity index (χ4n) is 2.80. The molecule has 0 bridgehead atoms. The molecule has 5 heteroatoms. The predicted molar refractivity (Wildman–Crippen MR) is 98.3 cm³/mol. The number of hydrogen-bond donors (Lipinski definition) is 3. The van der Waals surface area contributed by atoms with Crippen LogP contribution in [-0.4, -0.2) is 23.3 Å². The summed E-state index contributed by atoms with van der Waals surface area (Å²) in [5.74, 6) is -0.150. The van der Waals surface area contributed by atoms with Crippen LogP contribution in [0, 0.1) is 0 Å². The lowest BCUT2D eigenvalue weighted by atomic mass is 10.1. The molecule has 3 rings (SSSR count). The van der Waals surface area contributed by atoms with Crippen molar-refractivity contribution in [1.29, 1.82) is 0 Å². The van der Waals surface area contributed by atoms with Crippen LogP contribution in [0.4, 0.5) is 0 Å². The minimum atomic E-state index is -0.102. The molecule has 0 radical (unpaired) electrons. The van der Waals surface area contributed by atoms with Crippen molar-refractivity contribution >= 4 is 22.7 Å². The summed E-state index contributed by atoms with van der Waals surface area (Å²) >= 11 is 0. The minimum absolute atomic E-state index is 0.0480. The van der Waals surface area contributed by atoms with Gasteiger partial charge in [0.05, 0.1) is 6.42 Å². The molecule has 1 aromatic heterocycles. The number of aromatic nitrogens is 1. The molecule has 1 heterocycles. The molecular weight excluding hydrogens is 314 g/mol. The van der Waals surface area contributed by atoms with Crippen LogP contribution in [0.15, 0.2) is 54.7 Å². The lowest BCUT2D eigenvalue weighted by Crippen LogP contribution is -2.25. The molecule has 0 fully saturated rings. The van der Waals surface area contributed by atoms with Gasteiger partial charge in [0.1, 0.15) is 0 Å². The SMILES string of the molecule is CCNC(=O)c1cccc(CNC(=O)Cc2c[nH]c3ccccc23)c1. The molecule has 2 amide bonds. The van der Waals surface area contributed by atoms with E-state index in [9.17, 15) is 9.59 Å². The van der Waals surface area contributed by atoms with Gasteiger partial charge in [-0.2, -0.15) is 0 Å². The summed E-state index contributed by atoms with van der Waals surface area (Å²) in [5.41, 5.74) is 3.50. The second kappa shape index (κ2) is 7.66. The van der Waals surface area contributed by atoms with E-state index >= 15 is 0 Å². The summed E-state index contributed by atoms with van der Waals surface area (Å²) < 4.78 is 0. The first-order valence-electron chi connectivity index (χ1n) is 8.36. The van der Waals surface area contributed by atoms with Crippen molar-refractivity contribution in [3.05, 3.63) is 71.4 Å². The van der Waals surface area contributed by atoms with Crippen LogP contribution in [0.25, 0.3) is 10.9 Å². The van der Waals surface area contributed by atoms with Crippen LogP contribution in [0.1, 0.15) is 28.4 Å². The number of fused-ring (bicyclic) bond motifs is 1. The topological polar surface area (TPSA) is 74.0 Å². The molecule has 128 valence electrons. The van der Waals surface area contributed by atoms with E-state index in [0.29, 0.717) is 25.1 Å². The van der Waals surface area contributed by atoms with Gasteiger partial charge in [-0.25, -0.2) is 0 Å². The number of para-hydroxylation sites is 1. The molecular formula is C20H21N3O2. The number of H-pyrrole nitrogens is 1. The maximum absolute atomic E-state index is 12.2. The first kappa shape index (κ1) is 16.8. The summed E-state index contributed by atoms with van der Waals surface area (Å²) in [7, 11) is 0. The van der Waals surface area contributed by atoms with E-state index in [1.165, 1.54) is 0 Å². The summed E-state index contributed by atoms with van der Waals surface area (Å²) in [5, 5.41) is 6.75. The van der Waals surface area contributed by atoms with Gasteiger partial charge in [0.2, 0.25) is 5.91 Å². The van der Waals surface area contributed by atoms with E-state index < -0.39 is 0 Å². The first-order chi connectivity index (χ1) is 12.2. The maximum atomic E-state index is 12.2. The summed E-state index contributed by atoms with van der Waals surface area (Å²) in [6.07, 6.45) is 2.19. The van der Waals surface area contributed by atoms with E-state index in [4.69, 9.17) is 0 Å². The van der Waals surface area contributed by atoms with Crippen molar-refractivity contribution in [3.8, 4) is 0 Å². The highest BCUT2D eigenvalue weighted by Gasteiger charge is 2.09. The Kier molecular flexibility index (Phi) is 5.14. The third-order valence-corrected chi connectivity index (χ3v) is 4.04. The zero-order valence-electron chi connectivity index (χ0n) is 14.1. The van der Waals surface area contributed by atoms with Crippen LogP contribution in [-0.2, 0) is 17.8 Å². The number of carbonyl (C=O) groups is 2. The van der Waals surface area contributed by atoms with Gasteiger partial charge in [-0.3, -0.25) is 9.59 Å². The molecule has 3 N–H and O–H groups in total. The Morgan fingerprint density at radius 2 is 1.88 bits per heavy atom.